The van der Waals surface area contributed by atoms with Crippen molar-refractivity contribution in [2.75, 3.05) is 0 Å². The van der Waals surface area contributed by atoms with Crippen LogP contribution in [0, 0.1) is 11.3 Å². The van der Waals surface area contributed by atoms with Gasteiger partial charge in [-0.25, -0.2) is 0 Å². The zero-order valence-electron chi connectivity index (χ0n) is 15.6. The zero-order chi connectivity index (χ0) is 16.8. The normalized spacial score (nSPS) is 15.5. The lowest BCUT2D eigenvalue weighted by Crippen LogP contribution is -2.29. The lowest BCUT2D eigenvalue weighted by molar-refractivity contribution is -0.149. The van der Waals surface area contributed by atoms with Gasteiger partial charge in [0.1, 0.15) is 0 Å². The second-order valence-corrected chi connectivity index (χ2v) is 7.54. The fourth-order valence-electron chi connectivity index (χ4n) is 3.38. The van der Waals surface area contributed by atoms with Crippen molar-refractivity contribution in [3.63, 3.8) is 0 Å². The van der Waals surface area contributed by atoms with Crippen molar-refractivity contribution in [3.05, 3.63) is 0 Å². The second kappa shape index (κ2) is 13.0. The average molecular weight is 313 g/mol. The highest BCUT2D eigenvalue weighted by molar-refractivity contribution is 5.74. The molecule has 0 aliphatic rings. The maximum absolute atomic E-state index is 11.7. The molecule has 0 aromatic rings. The molecule has 0 bridgehead atoms. The summed E-state index contributed by atoms with van der Waals surface area (Å²) in [4.78, 5) is 11.7. The first-order valence-electron chi connectivity index (χ1n) is 9.69. The molecule has 0 aliphatic carbocycles. The van der Waals surface area contributed by atoms with E-state index in [4.69, 9.17) is 0 Å². The molecule has 0 fully saturated rings. The molecule has 1 N–H and O–H groups in total. The Hall–Kier alpha value is -0.530. The fraction of sp³-hybridized carbons (Fsp3) is 0.950. The molecule has 2 heteroatoms. The summed E-state index contributed by atoms with van der Waals surface area (Å²) in [6.07, 6.45) is 15.4. The van der Waals surface area contributed by atoms with E-state index in [1.54, 1.807) is 0 Å². The second-order valence-electron chi connectivity index (χ2n) is 7.54. The van der Waals surface area contributed by atoms with Crippen LogP contribution in [0.3, 0.4) is 0 Å². The third kappa shape index (κ3) is 10.2. The Morgan fingerprint density at radius 2 is 1.41 bits per heavy atom. The Kier molecular flexibility index (Phi) is 12.6. The summed E-state index contributed by atoms with van der Waals surface area (Å²) in [6.45, 7) is 8.63. The SMILES string of the molecule is CCCCCCCCC(C)CC(C)(CCCCCC)C(=O)O. The van der Waals surface area contributed by atoms with Crippen molar-refractivity contribution in [3.8, 4) is 0 Å². The molecule has 0 amide bonds. The maximum Gasteiger partial charge on any atom is 0.309 e. The first-order chi connectivity index (χ1) is 10.5. The molecule has 0 heterocycles. The largest absolute Gasteiger partial charge is 0.481 e. The molecule has 22 heavy (non-hydrogen) atoms. The predicted molar refractivity (Wildman–Crippen MR) is 96.3 cm³/mol. The summed E-state index contributed by atoms with van der Waals surface area (Å²) in [5.41, 5.74) is -0.518. The van der Waals surface area contributed by atoms with Gasteiger partial charge in [0.2, 0.25) is 0 Å². The van der Waals surface area contributed by atoms with Crippen molar-refractivity contribution in [1.82, 2.24) is 0 Å². The number of unbranched alkanes of at least 4 members (excludes halogenated alkanes) is 8. The predicted octanol–water partition coefficient (Wildman–Crippen LogP) is 6.82. The van der Waals surface area contributed by atoms with Crippen molar-refractivity contribution in [1.29, 1.82) is 0 Å². The summed E-state index contributed by atoms with van der Waals surface area (Å²) in [5.74, 6) is -0.0720. The van der Waals surface area contributed by atoms with Gasteiger partial charge >= 0.3 is 5.97 Å². The van der Waals surface area contributed by atoms with Crippen LogP contribution < -0.4 is 0 Å². The van der Waals surface area contributed by atoms with Crippen LogP contribution in [0.25, 0.3) is 0 Å². The van der Waals surface area contributed by atoms with Gasteiger partial charge in [-0.15, -0.1) is 0 Å². The molecular formula is C20H40O2. The minimum atomic E-state index is -0.598. The van der Waals surface area contributed by atoms with Crippen molar-refractivity contribution in [2.24, 2.45) is 11.3 Å². The van der Waals surface area contributed by atoms with E-state index >= 15 is 0 Å². The molecular weight excluding hydrogens is 272 g/mol. The Balaban J connectivity index is 4.01. The van der Waals surface area contributed by atoms with Crippen LogP contribution in [0.2, 0.25) is 0 Å². The van der Waals surface area contributed by atoms with Gasteiger partial charge in [-0.1, -0.05) is 91.4 Å². The Bertz CT molecular complexity index is 275. The number of carbonyl (C=O) groups is 1. The van der Waals surface area contributed by atoms with E-state index in [9.17, 15) is 9.90 Å². The van der Waals surface area contributed by atoms with Gasteiger partial charge in [0.05, 0.1) is 5.41 Å². The fourth-order valence-corrected chi connectivity index (χ4v) is 3.38. The van der Waals surface area contributed by atoms with Crippen LogP contribution in [0.5, 0.6) is 0 Å². The number of hydrogen-bond acceptors (Lipinski definition) is 1. The Morgan fingerprint density at radius 1 is 0.909 bits per heavy atom. The van der Waals surface area contributed by atoms with Gasteiger partial charge in [0, 0.05) is 0 Å². The zero-order valence-corrected chi connectivity index (χ0v) is 15.6. The third-order valence-corrected chi connectivity index (χ3v) is 4.95. The van der Waals surface area contributed by atoms with Gasteiger partial charge in [-0.05, 0) is 25.7 Å². The monoisotopic (exact) mass is 312 g/mol. The molecule has 0 aromatic heterocycles. The quantitative estimate of drug-likeness (QED) is 0.337. The number of rotatable bonds is 15. The topological polar surface area (TPSA) is 37.3 Å². The van der Waals surface area contributed by atoms with E-state index < -0.39 is 11.4 Å². The van der Waals surface area contributed by atoms with E-state index in [1.165, 1.54) is 64.2 Å². The Labute approximate surface area is 139 Å². The number of carboxylic acids is 1. The summed E-state index contributed by atoms with van der Waals surface area (Å²) in [7, 11) is 0. The first-order valence-corrected chi connectivity index (χ1v) is 9.69. The average Bonchev–Trinajstić information content (AvgIpc) is 2.47. The molecule has 2 unspecified atom stereocenters. The summed E-state index contributed by atoms with van der Waals surface area (Å²) >= 11 is 0. The molecule has 0 spiro atoms. The van der Waals surface area contributed by atoms with E-state index in [-0.39, 0.29) is 0 Å². The molecule has 2 nitrogen and oxygen atoms in total. The van der Waals surface area contributed by atoms with Gasteiger partial charge in [0.25, 0.3) is 0 Å². The number of carboxylic acid groups (broad SMARTS) is 1. The molecule has 0 aromatic carbocycles. The van der Waals surface area contributed by atoms with E-state index in [1.807, 2.05) is 6.92 Å². The van der Waals surface area contributed by atoms with E-state index in [0.29, 0.717) is 5.92 Å². The highest BCUT2D eigenvalue weighted by Crippen LogP contribution is 2.34. The minimum Gasteiger partial charge on any atom is -0.481 e. The minimum absolute atomic E-state index is 0.518. The van der Waals surface area contributed by atoms with Crippen LogP contribution in [-0.2, 0) is 4.79 Å². The third-order valence-electron chi connectivity index (χ3n) is 4.95. The molecule has 0 aliphatic heterocycles. The lowest BCUT2D eigenvalue weighted by Gasteiger charge is -2.28. The smallest absolute Gasteiger partial charge is 0.309 e. The molecule has 0 radical (unpaired) electrons. The molecule has 0 saturated carbocycles. The Morgan fingerprint density at radius 3 is 1.95 bits per heavy atom. The van der Waals surface area contributed by atoms with Gasteiger partial charge in [-0.3, -0.25) is 4.79 Å². The molecule has 132 valence electrons. The van der Waals surface area contributed by atoms with Crippen molar-refractivity contribution >= 4 is 5.97 Å². The van der Waals surface area contributed by atoms with E-state index in [0.717, 1.165) is 19.3 Å². The van der Waals surface area contributed by atoms with Crippen LogP contribution in [0.15, 0.2) is 0 Å². The first kappa shape index (κ1) is 21.5. The number of aliphatic carboxylic acids is 1. The molecule has 0 rings (SSSR count). The van der Waals surface area contributed by atoms with Crippen LogP contribution in [-0.4, -0.2) is 11.1 Å². The standard InChI is InChI=1S/C20H40O2/c1-5-7-9-11-12-13-15-18(3)17-20(4,19(21)22)16-14-10-8-6-2/h18H,5-17H2,1-4H3,(H,21,22). The van der Waals surface area contributed by atoms with Gasteiger partial charge in [-0.2, -0.15) is 0 Å². The summed E-state index contributed by atoms with van der Waals surface area (Å²) < 4.78 is 0. The number of hydrogen-bond donors (Lipinski definition) is 1. The van der Waals surface area contributed by atoms with E-state index in [2.05, 4.69) is 20.8 Å². The van der Waals surface area contributed by atoms with Gasteiger partial charge < -0.3 is 5.11 Å². The molecule has 2 atom stereocenters. The maximum atomic E-state index is 11.7. The van der Waals surface area contributed by atoms with Crippen LogP contribution in [0.1, 0.15) is 111 Å². The van der Waals surface area contributed by atoms with Crippen molar-refractivity contribution in [2.45, 2.75) is 111 Å². The van der Waals surface area contributed by atoms with Gasteiger partial charge in [0.15, 0.2) is 0 Å². The van der Waals surface area contributed by atoms with Crippen molar-refractivity contribution < 1.29 is 9.90 Å². The van der Waals surface area contributed by atoms with Crippen LogP contribution in [0.4, 0.5) is 0 Å². The lowest BCUT2D eigenvalue weighted by atomic mass is 9.76. The summed E-state index contributed by atoms with van der Waals surface area (Å²) in [6, 6.07) is 0. The summed E-state index contributed by atoms with van der Waals surface area (Å²) in [5, 5.41) is 9.61. The highest BCUT2D eigenvalue weighted by atomic mass is 16.4. The molecule has 0 saturated heterocycles. The van der Waals surface area contributed by atoms with Crippen LogP contribution >= 0.6 is 0 Å². The highest BCUT2D eigenvalue weighted by Gasteiger charge is 2.33.